The first-order chi connectivity index (χ1) is 13.2. The van der Waals surface area contributed by atoms with E-state index in [4.69, 9.17) is 9.29 Å². The number of ether oxygens (including phenoxy) is 1. The third-order valence-corrected chi connectivity index (χ3v) is 6.37. The van der Waals surface area contributed by atoms with Crippen molar-refractivity contribution >= 4 is 16.1 Å². The third-order valence-electron chi connectivity index (χ3n) is 5.56. The molecule has 3 aliphatic rings. The van der Waals surface area contributed by atoms with Crippen molar-refractivity contribution in [2.24, 2.45) is 5.41 Å². The second-order valence-electron chi connectivity index (χ2n) is 8.64. The minimum Gasteiger partial charge on any atom is -0.459 e. The van der Waals surface area contributed by atoms with E-state index in [2.05, 4.69) is 13.0 Å². The first kappa shape index (κ1) is 21.6. The summed E-state index contributed by atoms with van der Waals surface area (Å²) in [4.78, 5) is 11.7. The van der Waals surface area contributed by atoms with Crippen LogP contribution in [-0.2, 0) is 25.1 Å². The summed E-state index contributed by atoms with van der Waals surface area (Å²) in [5.41, 5.74) is 3.39. The summed E-state index contributed by atoms with van der Waals surface area (Å²) in [7, 11) is -5.89. The number of alkyl halides is 2. The minimum atomic E-state index is -5.89. The second kappa shape index (κ2) is 7.02. The largest absolute Gasteiger partial charge is 0.465 e. The Bertz CT molecular complexity index is 984. The van der Waals surface area contributed by atoms with E-state index in [9.17, 15) is 22.0 Å². The third kappa shape index (κ3) is 4.28. The number of aryl methyl sites for hydroxylation is 1. The van der Waals surface area contributed by atoms with E-state index in [1.165, 1.54) is 5.57 Å². The molecule has 2 atom stereocenters. The number of carbonyl (C=O) groups excluding carboxylic acids is 1. The molecule has 0 amide bonds. The van der Waals surface area contributed by atoms with Gasteiger partial charge in [-0.2, -0.15) is 17.2 Å². The second-order valence-corrected chi connectivity index (χ2v) is 10.1. The molecule has 1 saturated carbocycles. The summed E-state index contributed by atoms with van der Waals surface area (Å²) >= 11 is 0. The summed E-state index contributed by atoms with van der Waals surface area (Å²) in [5.74, 6) is -2.27. The van der Waals surface area contributed by atoms with Gasteiger partial charge < -0.3 is 4.74 Å². The Morgan fingerprint density at radius 3 is 2.24 bits per heavy atom. The van der Waals surface area contributed by atoms with Gasteiger partial charge in [-0.3, -0.25) is 4.55 Å². The summed E-state index contributed by atoms with van der Waals surface area (Å²) in [5, 5.41) is -5.00. The highest BCUT2D eigenvalue weighted by atomic mass is 32.2. The lowest BCUT2D eigenvalue weighted by atomic mass is 9.63. The first-order valence-corrected chi connectivity index (χ1v) is 10.7. The number of benzene rings is 1. The number of fused-ring (bicyclic) bond motifs is 4. The summed E-state index contributed by atoms with van der Waals surface area (Å²) in [6.45, 7) is 5.41. The molecule has 158 valence electrons. The van der Waals surface area contributed by atoms with Gasteiger partial charge in [0.1, 0.15) is 6.61 Å². The van der Waals surface area contributed by atoms with Gasteiger partial charge in [0.2, 0.25) is 0 Å². The topological polar surface area (TPSA) is 80.7 Å². The van der Waals surface area contributed by atoms with E-state index in [-0.39, 0.29) is 0 Å². The lowest BCUT2D eigenvalue weighted by Crippen LogP contribution is -2.42. The summed E-state index contributed by atoms with van der Waals surface area (Å²) in [6, 6.07) is 8.06. The maximum atomic E-state index is 13.6. The smallest absolute Gasteiger partial charge is 0.459 e. The van der Waals surface area contributed by atoms with E-state index >= 15 is 0 Å². The van der Waals surface area contributed by atoms with Gasteiger partial charge in [-0.15, -0.1) is 0 Å². The van der Waals surface area contributed by atoms with Crippen molar-refractivity contribution in [1.82, 2.24) is 0 Å². The Balaban J connectivity index is 1.87. The molecule has 3 aliphatic carbocycles. The Morgan fingerprint density at radius 2 is 1.69 bits per heavy atom. The Morgan fingerprint density at radius 1 is 1.14 bits per heavy atom. The van der Waals surface area contributed by atoms with Crippen LogP contribution in [0.1, 0.15) is 44.2 Å². The molecule has 2 bridgehead atoms. The summed E-state index contributed by atoms with van der Waals surface area (Å²) < 4.78 is 62.0. The molecule has 8 heteroatoms. The fourth-order valence-electron chi connectivity index (χ4n) is 4.25. The van der Waals surface area contributed by atoms with Crippen LogP contribution in [0.5, 0.6) is 0 Å². The average molecular weight is 426 g/mol. The van der Waals surface area contributed by atoms with Gasteiger partial charge in [0.25, 0.3) is 0 Å². The number of rotatable bonds is 5. The average Bonchev–Trinajstić information content (AvgIpc) is 2.55. The van der Waals surface area contributed by atoms with Crippen LogP contribution in [0.4, 0.5) is 8.78 Å². The predicted octanol–water partition coefficient (Wildman–Crippen LogP) is 4.33. The molecule has 1 N–H and O–H groups in total. The number of halogens is 2. The summed E-state index contributed by atoms with van der Waals surface area (Å²) in [6.07, 6.45) is 6.18. The highest BCUT2D eigenvalue weighted by Gasteiger charge is 2.54. The van der Waals surface area contributed by atoms with Gasteiger partial charge in [-0.05, 0) is 31.7 Å². The Hall–Kier alpha value is -2.06. The molecule has 0 spiro atoms. The fraction of sp³-hybridized carbons (Fsp3) is 0.476. The molecule has 29 heavy (non-hydrogen) atoms. The van der Waals surface area contributed by atoms with Crippen LogP contribution in [0, 0.1) is 12.3 Å². The van der Waals surface area contributed by atoms with Crippen molar-refractivity contribution < 1.29 is 31.3 Å². The highest BCUT2D eigenvalue weighted by molar-refractivity contribution is 7.87. The highest BCUT2D eigenvalue weighted by Crippen LogP contribution is 2.48. The molecule has 0 saturated heterocycles. The lowest BCUT2D eigenvalue weighted by molar-refractivity contribution is -0.164. The van der Waals surface area contributed by atoms with E-state index in [0.29, 0.717) is 6.42 Å². The number of hydrogen-bond donors (Lipinski definition) is 1. The first-order valence-electron chi connectivity index (χ1n) is 9.25. The van der Waals surface area contributed by atoms with Crippen LogP contribution >= 0.6 is 0 Å². The van der Waals surface area contributed by atoms with Gasteiger partial charge in [-0.1, -0.05) is 67.0 Å². The predicted molar refractivity (Wildman–Crippen MR) is 104 cm³/mol. The van der Waals surface area contributed by atoms with Gasteiger partial charge in [0.05, 0.1) is 0 Å². The molecule has 0 aromatic heterocycles. The Kier molecular flexibility index (Phi) is 5.24. The number of carbonyl (C=O) groups is 1. The molecule has 1 aromatic carbocycles. The quantitative estimate of drug-likeness (QED) is 0.431. The van der Waals surface area contributed by atoms with Crippen molar-refractivity contribution in [1.29, 1.82) is 0 Å². The standard InChI is InChI=1S/C21H24F2O5S/c1-14-4-6-17(7-5-14)20(3)11-16-8-15(9-16)10-19(2,12-20)13-28-18(24)21(22,23)29(25,26)27/h4-7,10-11H,8-9,12-13H2,1-3H3,(H,25,26,27). The van der Waals surface area contributed by atoms with Crippen LogP contribution in [0.2, 0.25) is 0 Å². The number of hydrogen-bond acceptors (Lipinski definition) is 4. The molecule has 5 nitrogen and oxygen atoms in total. The van der Waals surface area contributed by atoms with Crippen LogP contribution in [-0.4, -0.2) is 30.8 Å². The molecular weight excluding hydrogens is 402 g/mol. The Labute approximate surface area is 169 Å². The van der Waals surface area contributed by atoms with E-state index in [1.807, 2.05) is 37.3 Å². The molecule has 1 aromatic rings. The minimum absolute atomic E-state index is 0.418. The number of allylic oxidation sites excluding steroid dienone is 3. The van der Waals surface area contributed by atoms with Crippen molar-refractivity contribution in [3.8, 4) is 0 Å². The van der Waals surface area contributed by atoms with E-state index in [1.54, 1.807) is 6.92 Å². The SMILES string of the molecule is Cc1ccc(C2(C)C=C3CC(=CC(C)(COC(=O)C(F)(F)S(=O)(=O)O)C2)C3)cc1. The van der Waals surface area contributed by atoms with E-state index in [0.717, 1.165) is 29.5 Å². The van der Waals surface area contributed by atoms with Crippen LogP contribution < -0.4 is 0 Å². The maximum Gasteiger partial charge on any atom is 0.465 e. The molecule has 1 fully saturated rings. The van der Waals surface area contributed by atoms with E-state index < -0.39 is 38.8 Å². The molecule has 0 radical (unpaired) electrons. The van der Waals surface area contributed by atoms with Gasteiger partial charge >= 0.3 is 21.3 Å². The molecule has 0 heterocycles. The lowest BCUT2D eigenvalue weighted by Gasteiger charge is -2.42. The molecular formula is C21H24F2O5S. The van der Waals surface area contributed by atoms with Crippen molar-refractivity contribution in [3.63, 3.8) is 0 Å². The zero-order chi connectivity index (χ0) is 21.7. The normalized spacial score (nSPS) is 27.1. The van der Waals surface area contributed by atoms with Crippen molar-refractivity contribution in [3.05, 3.63) is 58.7 Å². The van der Waals surface area contributed by atoms with Gasteiger partial charge in [-0.25, -0.2) is 4.79 Å². The van der Waals surface area contributed by atoms with Crippen LogP contribution in [0.3, 0.4) is 0 Å². The van der Waals surface area contributed by atoms with Crippen LogP contribution in [0.25, 0.3) is 0 Å². The van der Waals surface area contributed by atoms with Gasteiger partial charge in [0.15, 0.2) is 0 Å². The zero-order valence-electron chi connectivity index (χ0n) is 16.5. The zero-order valence-corrected chi connectivity index (χ0v) is 17.4. The van der Waals surface area contributed by atoms with Crippen molar-refractivity contribution in [2.75, 3.05) is 6.61 Å². The number of esters is 1. The monoisotopic (exact) mass is 426 g/mol. The van der Waals surface area contributed by atoms with Crippen molar-refractivity contribution in [2.45, 2.75) is 50.7 Å². The van der Waals surface area contributed by atoms with Crippen LogP contribution in [0.15, 0.2) is 47.6 Å². The molecule has 2 unspecified atom stereocenters. The molecule has 0 aliphatic heterocycles. The fourth-order valence-corrected chi connectivity index (χ4v) is 4.52. The maximum absolute atomic E-state index is 13.6. The van der Waals surface area contributed by atoms with Gasteiger partial charge in [0, 0.05) is 10.8 Å². The molecule has 4 rings (SSSR count).